The highest BCUT2D eigenvalue weighted by Crippen LogP contribution is 2.08. The zero-order chi connectivity index (χ0) is 11.4. The Morgan fingerprint density at radius 3 is 3.00 bits per heavy atom. The van der Waals surface area contributed by atoms with Gasteiger partial charge in [0.25, 0.3) is 0 Å². The molecule has 0 unspecified atom stereocenters. The van der Waals surface area contributed by atoms with E-state index in [-0.39, 0.29) is 0 Å². The Bertz CT molecular complexity index is 495. The Labute approximate surface area is 90.9 Å². The van der Waals surface area contributed by atoms with Gasteiger partial charge < -0.3 is 5.11 Å². The fraction of sp³-hybridized carbons (Fsp3) is 0.100. The number of imidazole rings is 1. The number of aliphatic hydroxyl groups excluding tert-OH is 1. The minimum absolute atomic E-state index is 0.414. The van der Waals surface area contributed by atoms with Gasteiger partial charge in [-0.3, -0.25) is 9.55 Å². The highest BCUT2D eigenvalue weighted by atomic mass is 19.1. The molecule has 5 nitrogen and oxygen atoms in total. The van der Waals surface area contributed by atoms with E-state index in [0.29, 0.717) is 11.5 Å². The van der Waals surface area contributed by atoms with Crippen LogP contribution in [0.25, 0.3) is 11.9 Å². The molecule has 0 saturated heterocycles. The van der Waals surface area contributed by atoms with Gasteiger partial charge in [0, 0.05) is 18.6 Å². The van der Waals surface area contributed by atoms with E-state index < -0.39 is 12.4 Å². The van der Waals surface area contributed by atoms with E-state index in [9.17, 15) is 4.39 Å². The number of hydrogen-bond acceptors (Lipinski definition) is 4. The van der Waals surface area contributed by atoms with Crippen LogP contribution in [-0.4, -0.2) is 31.2 Å². The number of aromatic nitrogens is 4. The van der Waals surface area contributed by atoms with Crippen molar-refractivity contribution in [2.24, 2.45) is 0 Å². The van der Waals surface area contributed by atoms with Crippen LogP contribution in [0.1, 0.15) is 5.69 Å². The summed E-state index contributed by atoms with van der Waals surface area (Å²) in [5, 5.41) is 8.52. The predicted octanol–water partition coefficient (Wildman–Crippen LogP) is 0.965. The van der Waals surface area contributed by atoms with Crippen LogP contribution in [0.4, 0.5) is 4.39 Å². The van der Waals surface area contributed by atoms with Crippen molar-refractivity contribution in [3.05, 3.63) is 42.6 Å². The second-order valence-electron chi connectivity index (χ2n) is 3.02. The Balaban J connectivity index is 2.27. The monoisotopic (exact) mass is 220 g/mol. The molecule has 0 amide bonds. The summed E-state index contributed by atoms with van der Waals surface area (Å²) in [7, 11) is 0. The third-order valence-corrected chi connectivity index (χ3v) is 1.87. The predicted molar refractivity (Wildman–Crippen MR) is 55.3 cm³/mol. The fourth-order valence-corrected chi connectivity index (χ4v) is 1.17. The van der Waals surface area contributed by atoms with Gasteiger partial charge in [-0.05, 0) is 6.08 Å². The maximum Gasteiger partial charge on any atom is 0.156 e. The smallest absolute Gasteiger partial charge is 0.156 e. The van der Waals surface area contributed by atoms with Crippen molar-refractivity contribution in [2.75, 3.05) is 6.61 Å². The van der Waals surface area contributed by atoms with Crippen LogP contribution >= 0.6 is 0 Å². The summed E-state index contributed by atoms with van der Waals surface area (Å²) in [6.07, 6.45) is 8.94. The highest BCUT2D eigenvalue weighted by molar-refractivity contribution is 5.46. The molecule has 0 aliphatic carbocycles. The van der Waals surface area contributed by atoms with E-state index in [0.717, 1.165) is 6.08 Å². The average Bonchev–Trinajstić information content (AvgIpc) is 2.78. The maximum absolute atomic E-state index is 12.8. The largest absolute Gasteiger partial charge is 0.389 e. The zero-order valence-corrected chi connectivity index (χ0v) is 8.29. The molecular formula is C10H9FN4O. The van der Waals surface area contributed by atoms with Crippen molar-refractivity contribution in [1.29, 1.82) is 0 Å². The van der Waals surface area contributed by atoms with Crippen molar-refractivity contribution in [2.45, 2.75) is 0 Å². The summed E-state index contributed by atoms with van der Waals surface area (Å²) in [6.45, 7) is -0.627. The van der Waals surface area contributed by atoms with E-state index in [1.165, 1.54) is 6.33 Å². The van der Waals surface area contributed by atoms with Crippen LogP contribution in [0.5, 0.6) is 0 Å². The van der Waals surface area contributed by atoms with Crippen LogP contribution in [0.15, 0.2) is 36.9 Å². The van der Waals surface area contributed by atoms with Gasteiger partial charge in [0.1, 0.15) is 12.2 Å². The minimum Gasteiger partial charge on any atom is -0.389 e. The molecular weight excluding hydrogens is 211 g/mol. The van der Waals surface area contributed by atoms with Gasteiger partial charge in [0.15, 0.2) is 5.82 Å². The van der Waals surface area contributed by atoms with Crippen molar-refractivity contribution >= 4 is 6.08 Å². The van der Waals surface area contributed by atoms with Crippen molar-refractivity contribution in [3.8, 4) is 5.82 Å². The Morgan fingerprint density at radius 1 is 1.44 bits per heavy atom. The third-order valence-electron chi connectivity index (χ3n) is 1.87. The molecule has 0 aromatic carbocycles. The molecule has 0 saturated carbocycles. The van der Waals surface area contributed by atoms with Crippen LogP contribution in [0.3, 0.4) is 0 Å². The quantitative estimate of drug-likeness (QED) is 0.836. The van der Waals surface area contributed by atoms with Gasteiger partial charge >= 0.3 is 0 Å². The molecule has 0 aliphatic heterocycles. The lowest BCUT2D eigenvalue weighted by Gasteiger charge is -1.96. The van der Waals surface area contributed by atoms with Gasteiger partial charge in [-0.25, -0.2) is 14.4 Å². The number of halogens is 1. The van der Waals surface area contributed by atoms with E-state index in [1.54, 1.807) is 29.4 Å². The molecule has 2 aromatic heterocycles. The molecule has 6 heteroatoms. The lowest BCUT2D eigenvalue weighted by atomic mass is 10.4. The van der Waals surface area contributed by atoms with Gasteiger partial charge in [0.05, 0.1) is 18.5 Å². The minimum atomic E-state index is -0.635. The van der Waals surface area contributed by atoms with Crippen LogP contribution in [0.2, 0.25) is 0 Å². The second-order valence-corrected chi connectivity index (χ2v) is 3.02. The fourth-order valence-electron chi connectivity index (χ4n) is 1.17. The lowest BCUT2D eigenvalue weighted by Crippen LogP contribution is -1.93. The summed E-state index contributed by atoms with van der Waals surface area (Å²) >= 11 is 0. The first-order valence-corrected chi connectivity index (χ1v) is 4.57. The van der Waals surface area contributed by atoms with Gasteiger partial charge in [0.2, 0.25) is 0 Å². The molecule has 0 radical (unpaired) electrons. The summed E-state index contributed by atoms with van der Waals surface area (Å²) < 4.78 is 14.4. The molecule has 2 rings (SSSR count). The third kappa shape index (κ3) is 2.29. The summed E-state index contributed by atoms with van der Waals surface area (Å²) in [5.74, 6) is -0.0385. The summed E-state index contributed by atoms with van der Waals surface area (Å²) in [6, 6.07) is 0. The van der Waals surface area contributed by atoms with E-state index in [2.05, 4.69) is 15.0 Å². The molecule has 0 fully saturated rings. The molecule has 1 N–H and O–H groups in total. The van der Waals surface area contributed by atoms with Crippen molar-refractivity contribution in [1.82, 2.24) is 19.5 Å². The zero-order valence-electron chi connectivity index (χ0n) is 8.29. The highest BCUT2D eigenvalue weighted by Gasteiger charge is 2.01. The first kappa shape index (κ1) is 10.4. The maximum atomic E-state index is 12.8. The van der Waals surface area contributed by atoms with Crippen LogP contribution in [0, 0.1) is 0 Å². The molecule has 2 aromatic rings. The lowest BCUT2D eigenvalue weighted by molar-refractivity contribution is 0.300. The SMILES string of the molecule is OCC(F)=Cc1cn(-c2cnccn2)cn1. The van der Waals surface area contributed by atoms with E-state index in [1.807, 2.05) is 0 Å². The van der Waals surface area contributed by atoms with E-state index >= 15 is 0 Å². The van der Waals surface area contributed by atoms with Crippen LogP contribution in [-0.2, 0) is 0 Å². The van der Waals surface area contributed by atoms with Crippen molar-refractivity contribution in [3.63, 3.8) is 0 Å². The number of hydrogen-bond donors (Lipinski definition) is 1. The first-order valence-electron chi connectivity index (χ1n) is 4.57. The number of aliphatic hydroxyl groups is 1. The summed E-state index contributed by atoms with van der Waals surface area (Å²) in [4.78, 5) is 11.9. The van der Waals surface area contributed by atoms with E-state index in [4.69, 9.17) is 5.11 Å². The number of rotatable bonds is 3. The normalized spacial score (nSPS) is 11.8. The molecule has 0 spiro atoms. The first-order chi connectivity index (χ1) is 7.79. The van der Waals surface area contributed by atoms with Gasteiger partial charge in [-0.2, -0.15) is 0 Å². The standard InChI is InChI=1S/C10H9FN4O/c11-8(6-16)3-9-5-15(7-14-9)10-4-12-1-2-13-10/h1-5,7,16H,6H2. The molecule has 16 heavy (non-hydrogen) atoms. The second kappa shape index (κ2) is 4.63. The van der Waals surface area contributed by atoms with Gasteiger partial charge in [-0.1, -0.05) is 0 Å². The molecule has 2 heterocycles. The molecule has 82 valence electrons. The molecule has 0 atom stereocenters. The molecule has 0 aliphatic rings. The Hall–Kier alpha value is -2.08. The summed E-state index contributed by atoms with van der Waals surface area (Å²) in [5.41, 5.74) is 0.414. The topological polar surface area (TPSA) is 63.8 Å². The Morgan fingerprint density at radius 2 is 2.31 bits per heavy atom. The Kier molecular flexibility index (Phi) is 3.02. The van der Waals surface area contributed by atoms with Gasteiger partial charge in [-0.15, -0.1) is 0 Å². The van der Waals surface area contributed by atoms with Crippen molar-refractivity contribution < 1.29 is 9.50 Å². The molecule has 0 bridgehead atoms. The van der Waals surface area contributed by atoms with Crippen LogP contribution < -0.4 is 0 Å². The number of nitrogens with zero attached hydrogens (tertiary/aromatic N) is 4. The average molecular weight is 220 g/mol.